The number of carbonyl (C=O) groups is 5. The number of fused-ring (bicyclic) bond motifs is 1. The van der Waals surface area contributed by atoms with Gasteiger partial charge in [-0.1, -0.05) is 30.3 Å². The second kappa shape index (κ2) is 15.3. The highest BCUT2D eigenvalue weighted by molar-refractivity contribution is 5.95. The summed E-state index contributed by atoms with van der Waals surface area (Å²) in [6.07, 6.45) is 4.26. The maximum atomic E-state index is 13.9. The molecule has 4 aromatic rings. The third-order valence-electron chi connectivity index (χ3n) is 7.36. The lowest BCUT2D eigenvalue weighted by Crippen LogP contribution is -2.58. The minimum absolute atomic E-state index is 0.0149. The van der Waals surface area contributed by atoms with Crippen molar-refractivity contribution in [3.63, 3.8) is 0 Å². The zero-order valence-electron chi connectivity index (χ0n) is 24.7. The number of nitrogens with zero attached hydrogens (tertiary/aromatic N) is 1. The molecular weight excluding hydrogens is 596 g/mol. The van der Waals surface area contributed by atoms with Gasteiger partial charge in [-0.2, -0.15) is 0 Å². The van der Waals surface area contributed by atoms with E-state index >= 15 is 0 Å². The number of nitrogens with two attached hydrogens (primary N) is 2. The Balaban J connectivity index is 1.59. The summed E-state index contributed by atoms with van der Waals surface area (Å²) in [7, 11) is 0. The number of imidazole rings is 1. The lowest BCUT2D eigenvalue weighted by molar-refractivity contribution is -0.142. The molecular formula is C31H36N8O7. The number of phenols is 1. The van der Waals surface area contributed by atoms with Crippen molar-refractivity contribution in [2.75, 3.05) is 0 Å². The van der Waals surface area contributed by atoms with Crippen LogP contribution in [0.4, 0.5) is 0 Å². The summed E-state index contributed by atoms with van der Waals surface area (Å²) in [5.41, 5.74) is 13.9. The molecule has 0 aliphatic heterocycles. The maximum Gasteiger partial charge on any atom is 0.326 e. The van der Waals surface area contributed by atoms with Crippen molar-refractivity contribution < 1.29 is 34.2 Å². The zero-order chi connectivity index (χ0) is 33.2. The molecule has 0 spiro atoms. The first-order valence-electron chi connectivity index (χ1n) is 14.5. The molecule has 2 aromatic carbocycles. The van der Waals surface area contributed by atoms with E-state index in [2.05, 4.69) is 30.9 Å². The van der Waals surface area contributed by atoms with Crippen LogP contribution in [0.3, 0.4) is 0 Å². The smallest absolute Gasteiger partial charge is 0.326 e. The molecule has 4 atom stereocenters. The molecule has 0 bridgehead atoms. The fraction of sp³-hybridized carbons (Fsp3) is 0.290. The Bertz CT molecular complexity index is 1670. The number of amides is 4. The number of benzene rings is 2. The number of carboxylic acids is 1. The van der Waals surface area contributed by atoms with Gasteiger partial charge in [-0.3, -0.25) is 19.2 Å². The van der Waals surface area contributed by atoms with E-state index in [0.29, 0.717) is 16.8 Å². The van der Waals surface area contributed by atoms with Crippen LogP contribution in [0.15, 0.2) is 67.3 Å². The number of H-pyrrole nitrogens is 2. The van der Waals surface area contributed by atoms with Gasteiger partial charge in [-0.25, -0.2) is 9.78 Å². The second-order valence-electron chi connectivity index (χ2n) is 10.8. The first-order valence-corrected chi connectivity index (χ1v) is 14.5. The van der Waals surface area contributed by atoms with Gasteiger partial charge in [0.1, 0.15) is 23.9 Å². The number of aromatic amines is 2. The number of primary amides is 1. The molecule has 242 valence electrons. The third-order valence-corrected chi connectivity index (χ3v) is 7.36. The highest BCUT2D eigenvalue weighted by Gasteiger charge is 2.31. The summed E-state index contributed by atoms with van der Waals surface area (Å²) in [6, 6.07) is 8.29. The van der Waals surface area contributed by atoms with E-state index in [1.807, 2.05) is 24.3 Å². The molecule has 11 N–H and O–H groups in total. The van der Waals surface area contributed by atoms with Crippen molar-refractivity contribution in [3.8, 4) is 5.75 Å². The quantitative estimate of drug-likeness (QED) is 0.0788. The standard InChI is InChI=1S/C31H36N8O7/c32-22(13-19-15-34-16-36-19)28(42)38-26(12-18-14-35-23-4-2-1-3-21(18)23)30(44)39-25(11-17-5-7-20(40)8-6-17)29(43)37-24(31(45)46)9-10-27(33)41/h1-8,14-16,22,24-26,35,40H,9-13,32H2,(H2,33,41)(H,34,36)(H,37,43)(H,38,42)(H,39,44)(H,45,46)/t22-,24-,25-,26-/m0/s1. The van der Waals surface area contributed by atoms with Crippen LogP contribution in [0, 0.1) is 0 Å². The van der Waals surface area contributed by atoms with Gasteiger partial charge < -0.3 is 47.6 Å². The fourth-order valence-electron chi connectivity index (χ4n) is 4.89. The van der Waals surface area contributed by atoms with Crippen LogP contribution in [0.2, 0.25) is 0 Å². The van der Waals surface area contributed by atoms with E-state index in [4.69, 9.17) is 11.5 Å². The fourth-order valence-corrected chi connectivity index (χ4v) is 4.89. The van der Waals surface area contributed by atoms with E-state index in [9.17, 15) is 34.2 Å². The van der Waals surface area contributed by atoms with E-state index in [1.165, 1.54) is 18.5 Å². The van der Waals surface area contributed by atoms with Crippen LogP contribution in [-0.4, -0.2) is 78.9 Å². The molecule has 0 unspecified atom stereocenters. The lowest BCUT2D eigenvalue weighted by atomic mass is 10.0. The molecule has 0 fully saturated rings. The Morgan fingerprint density at radius 3 is 2.13 bits per heavy atom. The summed E-state index contributed by atoms with van der Waals surface area (Å²) in [5, 5.41) is 27.9. The van der Waals surface area contributed by atoms with Gasteiger partial charge in [-0.05, 0) is 35.7 Å². The number of carboxylic acid groups (broad SMARTS) is 1. The predicted molar refractivity (Wildman–Crippen MR) is 166 cm³/mol. The van der Waals surface area contributed by atoms with Crippen molar-refractivity contribution in [3.05, 3.63) is 84.1 Å². The highest BCUT2D eigenvalue weighted by atomic mass is 16.4. The van der Waals surface area contributed by atoms with Crippen LogP contribution >= 0.6 is 0 Å². The highest BCUT2D eigenvalue weighted by Crippen LogP contribution is 2.20. The second-order valence-corrected chi connectivity index (χ2v) is 10.8. The Kier molecular flexibility index (Phi) is 11.1. The van der Waals surface area contributed by atoms with Gasteiger partial charge in [0.2, 0.25) is 23.6 Å². The average molecular weight is 633 g/mol. The van der Waals surface area contributed by atoms with Crippen LogP contribution in [-0.2, 0) is 43.2 Å². The number of hydrogen-bond acceptors (Lipinski definition) is 8. The van der Waals surface area contributed by atoms with Crippen LogP contribution < -0.4 is 27.4 Å². The first kappa shape index (κ1) is 33.2. The summed E-state index contributed by atoms with van der Waals surface area (Å²) in [4.78, 5) is 73.6. The minimum Gasteiger partial charge on any atom is -0.508 e. The van der Waals surface area contributed by atoms with Gasteiger partial charge in [0, 0.05) is 49.0 Å². The predicted octanol–water partition coefficient (Wildman–Crippen LogP) is -0.244. The Labute approximate surface area is 263 Å². The molecule has 15 heteroatoms. The van der Waals surface area contributed by atoms with Crippen LogP contribution in [0.25, 0.3) is 10.9 Å². The molecule has 0 radical (unpaired) electrons. The van der Waals surface area contributed by atoms with Gasteiger partial charge >= 0.3 is 5.97 Å². The molecule has 2 heterocycles. The number of rotatable bonds is 16. The summed E-state index contributed by atoms with van der Waals surface area (Å²) in [5.74, 6) is -4.34. The Hall–Kier alpha value is -5.70. The SMILES string of the molecule is NC(=O)CC[C@H](NC(=O)[C@H](Cc1ccc(O)cc1)NC(=O)[C@H](Cc1c[nH]c2ccccc12)NC(=O)[C@@H](N)Cc1c[nH]cn1)C(=O)O. The number of hydrogen-bond donors (Lipinski definition) is 9. The molecule has 0 saturated carbocycles. The first-order chi connectivity index (χ1) is 22.0. The molecule has 0 aliphatic carbocycles. The number of phenolic OH excluding ortho intramolecular Hbond substituents is 1. The topological polar surface area (TPSA) is 258 Å². The van der Waals surface area contributed by atoms with Crippen molar-refractivity contribution in [1.29, 1.82) is 0 Å². The molecule has 0 saturated heterocycles. The van der Waals surface area contributed by atoms with Gasteiger partial charge in [0.15, 0.2) is 0 Å². The number of nitrogens with one attached hydrogen (secondary N) is 5. The number of aromatic hydroxyl groups is 1. The number of para-hydroxylation sites is 1. The summed E-state index contributed by atoms with van der Waals surface area (Å²) < 4.78 is 0. The average Bonchev–Trinajstić information content (AvgIpc) is 3.69. The molecule has 0 aliphatic rings. The summed E-state index contributed by atoms with van der Waals surface area (Å²) >= 11 is 0. The molecule has 15 nitrogen and oxygen atoms in total. The third kappa shape index (κ3) is 9.15. The summed E-state index contributed by atoms with van der Waals surface area (Å²) in [6.45, 7) is 0. The van der Waals surface area contributed by atoms with Gasteiger partial charge in [0.25, 0.3) is 0 Å². The monoisotopic (exact) mass is 632 g/mol. The molecule has 2 aromatic heterocycles. The molecule has 4 rings (SSSR count). The van der Waals surface area contributed by atoms with Crippen LogP contribution in [0.1, 0.15) is 29.7 Å². The maximum absolute atomic E-state index is 13.9. The van der Waals surface area contributed by atoms with Gasteiger partial charge in [-0.15, -0.1) is 0 Å². The number of aromatic nitrogens is 3. The van der Waals surface area contributed by atoms with E-state index < -0.39 is 53.8 Å². The Morgan fingerprint density at radius 2 is 1.48 bits per heavy atom. The molecule has 46 heavy (non-hydrogen) atoms. The van der Waals surface area contributed by atoms with Crippen molar-refractivity contribution in [2.45, 2.75) is 56.3 Å². The van der Waals surface area contributed by atoms with E-state index in [-0.39, 0.29) is 37.9 Å². The lowest BCUT2D eigenvalue weighted by Gasteiger charge is -2.25. The van der Waals surface area contributed by atoms with E-state index in [0.717, 1.165) is 10.9 Å². The van der Waals surface area contributed by atoms with Crippen molar-refractivity contribution >= 4 is 40.5 Å². The zero-order valence-corrected chi connectivity index (χ0v) is 24.7. The van der Waals surface area contributed by atoms with Crippen LogP contribution in [0.5, 0.6) is 5.75 Å². The molecule has 4 amide bonds. The van der Waals surface area contributed by atoms with Crippen molar-refractivity contribution in [2.24, 2.45) is 11.5 Å². The normalized spacial score (nSPS) is 13.7. The van der Waals surface area contributed by atoms with Gasteiger partial charge in [0.05, 0.1) is 18.1 Å². The minimum atomic E-state index is -1.46. The van der Waals surface area contributed by atoms with E-state index in [1.54, 1.807) is 24.5 Å². The van der Waals surface area contributed by atoms with Crippen molar-refractivity contribution in [1.82, 2.24) is 30.9 Å². The number of aliphatic carboxylic acids is 1. The largest absolute Gasteiger partial charge is 0.508 e. The Morgan fingerprint density at radius 1 is 0.826 bits per heavy atom. The number of carbonyl (C=O) groups excluding carboxylic acids is 4.